The summed E-state index contributed by atoms with van der Waals surface area (Å²) in [6.45, 7) is 8.77. The highest BCUT2D eigenvalue weighted by molar-refractivity contribution is 4.70. The Morgan fingerprint density at radius 2 is 1.69 bits per heavy atom. The maximum Gasteiger partial charge on any atom is 0.0215 e. The predicted molar refractivity (Wildman–Crippen MR) is 73.7 cm³/mol. The van der Waals surface area contributed by atoms with Crippen LogP contribution in [0.25, 0.3) is 0 Å². The Hall–Kier alpha value is -0.0800. The maximum absolute atomic E-state index is 5.85. The van der Waals surface area contributed by atoms with Crippen molar-refractivity contribution in [1.82, 2.24) is 4.90 Å². The summed E-state index contributed by atoms with van der Waals surface area (Å²) in [6, 6.07) is 0.587. The average Bonchev–Trinajstić information content (AvgIpc) is 2.22. The first-order chi connectivity index (χ1) is 7.61. The minimum Gasteiger partial charge on any atom is -0.329 e. The highest BCUT2D eigenvalue weighted by Gasteiger charge is 2.13. The molecule has 0 aliphatic heterocycles. The molecular weight excluding hydrogens is 196 g/mol. The van der Waals surface area contributed by atoms with Gasteiger partial charge in [-0.05, 0) is 19.4 Å². The molecule has 0 saturated carbocycles. The van der Waals surface area contributed by atoms with Crippen LogP contribution in [0.15, 0.2) is 0 Å². The number of unbranched alkanes of at least 4 members (excludes halogenated alkanes) is 4. The molecule has 2 nitrogen and oxygen atoms in total. The van der Waals surface area contributed by atoms with Gasteiger partial charge in [0.1, 0.15) is 0 Å². The first-order valence-corrected chi connectivity index (χ1v) is 7.02. The van der Waals surface area contributed by atoms with Crippen molar-refractivity contribution in [3.63, 3.8) is 0 Å². The van der Waals surface area contributed by atoms with Crippen molar-refractivity contribution in [2.45, 2.75) is 65.3 Å². The number of likely N-dealkylation sites (N-methyl/N-ethyl adjacent to an activating group) is 1. The predicted octanol–water partition coefficient (Wildman–Crippen LogP) is 3.26. The third kappa shape index (κ3) is 8.12. The molecule has 0 aliphatic rings. The van der Waals surface area contributed by atoms with Gasteiger partial charge >= 0.3 is 0 Å². The fourth-order valence-electron chi connectivity index (χ4n) is 2.23. The second kappa shape index (κ2) is 10.1. The van der Waals surface area contributed by atoms with Crippen molar-refractivity contribution in [3.8, 4) is 0 Å². The minimum atomic E-state index is 0.587. The number of hydrogen-bond donors (Lipinski definition) is 1. The Labute approximate surface area is 103 Å². The molecule has 0 bridgehead atoms. The molecule has 1 atom stereocenters. The molecular formula is C14H32N2. The molecule has 0 spiro atoms. The lowest BCUT2D eigenvalue weighted by molar-refractivity contribution is 0.208. The van der Waals surface area contributed by atoms with Crippen molar-refractivity contribution in [2.24, 2.45) is 11.7 Å². The molecule has 2 N–H and O–H groups in total. The Morgan fingerprint density at radius 3 is 2.19 bits per heavy atom. The van der Waals surface area contributed by atoms with Crippen LogP contribution >= 0.6 is 0 Å². The van der Waals surface area contributed by atoms with Crippen LogP contribution in [0.5, 0.6) is 0 Å². The number of hydrogen-bond acceptors (Lipinski definition) is 2. The van der Waals surface area contributed by atoms with Crippen molar-refractivity contribution in [3.05, 3.63) is 0 Å². The summed E-state index contributed by atoms with van der Waals surface area (Å²) in [7, 11) is 2.21. The topological polar surface area (TPSA) is 29.3 Å². The molecule has 0 aromatic rings. The van der Waals surface area contributed by atoms with E-state index >= 15 is 0 Å². The SMILES string of the molecule is CCCCCCCC(CN)N(C)CC(C)C. The van der Waals surface area contributed by atoms with Crippen molar-refractivity contribution < 1.29 is 0 Å². The van der Waals surface area contributed by atoms with Gasteiger partial charge in [0.25, 0.3) is 0 Å². The van der Waals surface area contributed by atoms with Gasteiger partial charge in [-0.3, -0.25) is 0 Å². The number of rotatable bonds is 10. The second-order valence-electron chi connectivity index (χ2n) is 5.43. The molecule has 0 rings (SSSR count). The van der Waals surface area contributed by atoms with E-state index in [1.165, 1.54) is 38.5 Å². The van der Waals surface area contributed by atoms with Gasteiger partial charge in [-0.1, -0.05) is 52.9 Å². The van der Waals surface area contributed by atoms with Crippen molar-refractivity contribution in [1.29, 1.82) is 0 Å². The highest BCUT2D eigenvalue weighted by Crippen LogP contribution is 2.11. The monoisotopic (exact) mass is 228 g/mol. The average molecular weight is 228 g/mol. The second-order valence-corrected chi connectivity index (χ2v) is 5.43. The molecule has 0 amide bonds. The van der Waals surface area contributed by atoms with Crippen LogP contribution in [0.4, 0.5) is 0 Å². The van der Waals surface area contributed by atoms with Gasteiger partial charge in [0.15, 0.2) is 0 Å². The standard InChI is InChI=1S/C14H32N2/c1-5-6-7-8-9-10-14(11-15)16(4)12-13(2)3/h13-14H,5-12,15H2,1-4H3. The molecule has 1 unspecified atom stereocenters. The first kappa shape index (κ1) is 15.9. The summed E-state index contributed by atoms with van der Waals surface area (Å²) in [4.78, 5) is 2.44. The molecule has 98 valence electrons. The van der Waals surface area contributed by atoms with E-state index in [4.69, 9.17) is 5.73 Å². The zero-order valence-electron chi connectivity index (χ0n) is 11.8. The van der Waals surface area contributed by atoms with E-state index in [1.54, 1.807) is 0 Å². The summed E-state index contributed by atoms with van der Waals surface area (Å²) >= 11 is 0. The largest absolute Gasteiger partial charge is 0.329 e. The van der Waals surface area contributed by atoms with Gasteiger partial charge in [-0.2, -0.15) is 0 Å². The lowest BCUT2D eigenvalue weighted by Gasteiger charge is -2.28. The quantitative estimate of drug-likeness (QED) is 0.582. The van der Waals surface area contributed by atoms with Gasteiger partial charge in [0.05, 0.1) is 0 Å². The van der Waals surface area contributed by atoms with Crippen LogP contribution in [0.1, 0.15) is 59.3 Å². The van der Waals surface area contributed by atoms with E-state index in [-0.39, 0.29) is 0 Å². The first-order valence-electron chi connectivity index (χ1n) is 7.02. The van der Waals surface area contributed by atoms with E-state index in [1.807, 2.05) is 0 Å². The van der Waals surface area contributed by atoms with Crippen LogP contribution in [-0.4, -0.2) is 31.1 Å². The van der Waals surface area contributed by atoms with E-state index in [9.17, 15) is 0 Å². The van der Waals surface area contributed by atoms with Crippen LogP contribution in [-0.2, 0) is 0 Å². The third-order valence-corrected chi connectivity index (χ3v) is 3.19. The Bertz CT molecular complexity index is 146. The van der Waals surface area contributed by atoms with Crippen LogP contribution < -0.4 is 5.73 Å². The van der Waals surface area contributed by atoms with Crippen LogP contribution in [0, 0.1) is 5.92 Å². The molecule has 0 fully saturated rings. The molecule has 0 heterocycles. The fraction of sp³-hybridized carbons (Fsp3) is 1.00. The van der Waals surface area contributed by atoms with Crippen LogP contribution in [0.3, 0.4) is 0 Å². The molecule has 2 heteroatoms. The Kier molecular flexibility index (Phi) is 10.0. The molecule has 0 aromatic heterocycles. The van der Waals surface area contributed by atoms with E-state index in [0.717, 1.165) is 19.0 Å². The molecule has 0 saturated heterocycles. The summed E-state index contributed by atoms with van der Waals surface area (Å²) in [5.74, 6) is 0.735. The molecule has 0 aromatic carbocycles. The van der Waals surface area contributed by atoms with E-state index in [0.29, 0.717) is 6.04 Å². The van der Waals surface area contributed by atoms with Crippen molar-refractivity contribution in [2.75, 3.05) is 20.1 Å². The van der Waals surface area contributed by atoms with Crippen molar-refractivity contribution >= 4 is 0 Å². The van der Waals surface area contributed by atoms with Gasteiger partial charge in [0, 0.05) is 19.1 Å². The zero-order chi connectivity index (χ0) is 12.4. The van der Waals surface area contributed by atoms with E-state index < -0.39 is 0 Å². The fourth-order valence-corrected chi connectivity index (χ4v) is 2.23. The minimum absolute atomic E-state index is 0.587. The normalized spacial score (nSPS) is 13.7. The van der Waals surface area contributed by atoms with Gasteiger partial charge in [-0.15, -0.1) is 0 Å². The highest BCUT2D eigenvalue weighted by atomic mass is 15.1. The third-order valence-electron chi connectivity index (χ3n) is 3.19. The smallest absolute Gasteiger partial charge is 0.0215 e. The van der Waals surface area contributed by atoms with Gasteiger partial charge < -0.3 is 10.6 Å². The lowest BCUT2D eigenvalue weighted by atomic mass is 10.0. The summed E-state index contributed by atoms with van der Waals surface area (Å²) < 4.78 is 0. The van der Waals surface area contributed by atoms with Crippen LogP contribution in [0.2, 0.25) is 0 Å². The molecule has 0 radical (unpaired) electrons. The zero-order valence-corrected chi connectivity index (χ0v) is 11.8. The molecule has 0 aliphatic carbocycles. The Morgan fingerprint density at radius 1 is 1.06 bits per heavy atom. The van der Waals surface area contributed by atoms with Gasteiger partial charge in [-0.25, -0.2) is 0 Å². The number of nitrogens with zero attached hydrogens (tertiary/aromatic N) is 1. The summed E-state index contributed by atoms with van der Waals surface area (Å²) in [6.07, 6.45) is 8.08. The number of nitrogens with two attached hydrogens (primary N) is 1. The molecule has 16 heavy (non-hydrogen) atoms. The maximum atomic E-state index is 5.85. The summed E-state index contributed by atoms with van der Waals surface area (Å²) in [5.41, 5.74) is 5.85. The van der Waals surface area contributed by atoms with Gasteiger partial charge in [0.2, 0.25) is 0 Å². The van der Waals surface area contributed by atoms with E-state index in [2.05, 4.69) is 32.7 Å². The lowest BCUT2D eigenvalue weighted by Crippen LogP contribution is -2.39. The Balaban J connectivity index is 3.65. The summed E-state index contributed by atoms with van der Waals surface area (Å²) in [5, 5.41) is 0.